The highest BCUT2D eigenvalue weighted by atomic mass is 35.5. The summed E-state index contributed by atoms with van der Waals surface area (Å²) in [5.41, 5.74) is -2.27. The fraction of sp³-hybridized carbons (Fsp3) is 0.250. The Labute approximate surface area is 145 Å². The van der Waals surface area contributed by atoms with Gasteiger partial charge in [0.15, 0.2) is 0 Å². The van der Waals surface area contributed by atoms with Crippen molar-refractivity contribution in [2.75, 3.05) is 24.2 Å². The predicted octanol–water partition coefficient (Wildman–Crippen LogP) is 0.462. The van der Waals surface area contributed by atoms with Crippen molar-refractivity contribution in [2.24, 2.45) is 0 Å². The van der Waals surface area contributed by atoms with E-state index in [-0.39, 0.29) is 26.8 Å². The highest BCUT2D eigenvalue weighted by molar-refractivity contribution is 7.92. The second kappa shape index (κ2) is 6.46. The molecule has 0 aliphatic rings. The van der Waals surface area contributed by atoms with Crippen molar-refractivity contribution in [3.63, 3.8) is 0 Å². The Morgan fingerprint density at radius 3 is 2.38 bits per heavy atom. The van der Waals surface area contributed by atoms with Crippen LogP contribution in [0.5, 0.6) is 0 Å². The van der Waals surface area contributed by atoms with E-state index in [1.54, 1.807) is 0 Å². The molecule has 0 aliphatic heterocycles. The van der Waals surface area contributed by atoms with Crippen LogP contribution < -0.4 is 15.4 Å². The van der Waals surface area contributed by atoms with Gasteiger partial charge < -0.3 is 14.7 Å². The molecule has 1 heterocycles. The maximum atomic E-state index is 12.1. The van der Waals surface area contributed by atoms with Crippen LogP contribution in [0, 0.1) is 0 Å². The summed E-state index contributed by atoms with van der Waals surface area (Å²) in [6.45, 7) is -0.703. The summed E-state index contributed by atoms with van der Waals surface area (Å²) in [5.74, 6) is -0.864. The van der Waals surface area contributed by atoms with Crippen LogP contribution in [-0.4, -0.2) is 44.3 Å². The number of hydrogen-bond acceptors (Lipinski definition) is 6. The number of hydrogen-bond donors (Lipinski definition) is 2. The maximum Gasteiger partial charge on any atom is 0.326 e. The number of carbonyl (C=O) groups excluding carboxylic acids is 1. The first-order valence-electron chi connectivity index (χ1n) is 6.25. The summed E-state index contributed by atoms with van der Waals surface area (Å²) in [6, 6.07) is 1.25. The zero-order valence-corrected chi connectivity index (χ0v) is 14.7. The third-order valence-electron chi connectivity index (χ3n) is 3.04. The largest absolute Gasteiger partial charge is 0.468 e. The van der Waals surface area contributed by atoms with Crippen molar-refractivity contribution in [3.8, 4) is 0 Å². The van der Waals surface area contributed by atoms with E-state index < -0.39 is 33.7 Å². The van der Waals surface area contributed by atoms with Crippen LogP contribution in [0.2, 0.25) is 10.0 Å². The Morgan fingerprint density at radius 1 is 1.25 bits per heavy atom. The molecule has 12 heteroatoms. The number of anilines is 1. The lowest BCUT2D eigenvalue weighted by Crippen LogP contribution is -2.37. The number of aromatic amines is 2. The van der Waals surface area contributed by atoms with Gasteiger partial charge in [-0.15, -0.1) is 0 Å². The van der Waals surface area contributed by atoms with Crippen molar-refractivity contribution in [2.45, 2.75) is 0 Å². The highest BCUT2D eigenvalue weighted by Gasteiger charge is 2.27. The first-order valence-corrected chi connectivity index (χ1v) is 8.85. The van der Waals surface area contributed by atoms with Crippen molar-refractivity contribution in [3.05, 3.63) is 36.8 Å². The van der Waals surface area contributed by atoms with E-state index in [0.717, 1.165) is 13.4 Å². The first-order chi connectivity index (χ1) is 11.1. The molecule has 0 atom stereocenters. The molecule has 0 amide bonds. The summed E-state index contributed by atoms with van der Waals surface area (Å²) < 4.78 is 29.3. The molecule has 0 saturated carbocycles. The number of esters is 1. The van der Waals surface area contributed by atoms with Crippen LogP contribution >= 0.6 is 23.2 Å². The van der Waals surface area contributed by atoms with Crippen LogP contribution in [0.15, 0.2) is 15.7 Å². The van der Waals surface area contributed by atoms with E-state index in [0.29, 0.717) is 4.31 Å². The number of ether oxygens (including phenoxy) is 1. The van der Waals surface area contributed by atoms with Gasteiger partial charge in [0, 0.05) is 0 Å². The second-order valence-corrected chi connectivity index (χ2v) is 7.39. The lowest BCUT2D eigenvalue weighted by atomic mass is 10.2. The molecule has 0 radical (unpaired) electrons. The molecule has 2 rings (SSSR count). The zero-order valence-electron chi connectivity index (χ0n) is 12.3. The van der Waals surface area contributed by atoms with Gasteiger partial charge in [-0.2, -0.15) is 0 Å². The number of methoxy groups -OCH3 is 1. The number of fused-ring (bicyclic) bond motifs is 1. The van der Waals surface area contributed by atoms with Gasteiger partial charge in [0.05, 0.1) is 40.1 Å². The number of aromatic nitrogens is 2. The SMILES string of the molecule is COC(=O)CN(c1c(Cl)c(Cl)cc2[nH]c(=O)c(=O)[nH]c12)S(C)(=O)=O. The number of nitrogens with zero attached hydrogens (tertiary/aromatic N) is 1. The molecule has 0 spiro atoms. The topological polar surface area (TPSA) is 129 Å². The number of nitrogens with one attached hydrogen (secondary N) is 2. The Balaban J connectivity index is 2.92. The number of sulfonamides is 1. The van der Waals surface area contributed by atoms with Gasteiger partial charge >= 0.3 is 17.1 Å². The lowest BCUT2D eigenvalue weighted by Gasteiger charge is -2.23. The fourth-order valence-corrected chi connectivity index (χ4v) is 3.32. The molecule has 130 valence electrons. The number of H-pyrrole nitrogens is 2. The van der Waals surface area contributed by atoms with Gasteiger partial charge in [0.25, 0.3) is 0 Å². The van der Waals surface area contributed by atoms with Gasteiger partial charge in [0.2, 0.25) is 10.0 Å². The van der Waals surface area contributed by atoms with E-state index in [4.69, 9.17) is 23.2 Å². The van der Waals surface area contributed by atoms with Crippen LogP contribution in [-0.2, 0) is 19.6 Å². The smallest absolute Gasteiger partial charge is 0.326 e. The molecule has 0 fully saturated rings. The summed E-state index contributed by atoms with van der Waals surface area (Å²) in [4.78, 5) is 39.1. The molecular formula is C12H11Cl2N3O6S. The Bertz CT molecular complexity index is 1040. The number of halogens is 2. The molecule has 1 aromatic carbocycles. The molecule has 0 saturated heterocycles. The lowest BCUT2D eigenvalue weighted by molar-refractivity contribution is -0.138. The van der Waals surface area contributed by atoms with Crippen LogP contribution in [0.3, 0.4) is 0 Å². The van der Waals surface area contributed by atoms with Gasteiger partial charge in [0.1, 0.15) is 6.54 Å². The predicted molar refractivity (Wildman–Crippen MR) is 89.4 cm³/mol. The molecule has 0 unspecified atom stereocenters. The summed E-state index contributed by atoms with van der Waals surface area (Å²) >= 11 is 12.1. The summed E-state index contributed by atoms with van der Waals surface area (Å²) in [5, 5.41) is -0.304. The highest BCUT2D eigenvalue weighted by Crippen LogP contribution is 2.38. The Morgan fingerprint density at radius 2 is 1.83 bits per heavy atom. The van der Waals surface area contributed by atoms with E-state index in [2.05, 4.69) is 14.7 Å². The molecule has 9 nitrogen and oxygen atoms in total. The van der Waals surface area contributed by atoms with Gasteiger partial charge in [-0.25, -0.2) is 8.42 Å². The van der Waals surface area contributed by atoms with Crippen molar-refractivity contribution in [1.29, 1.82) is 0 Å². The first kappa shape index (κ1) is 18.3. The maximum absolute atomic E-state index is 12.1. The quantitative estimate of drug-likeness (QED) is 0.571. The molecule has 24 heavy (non-hydrogen) atoms. The molecule has 1 aromatic heterocycles. The van der Waals surface area contributed by atoms with Gasteiger partial charge in [-0.05, 0) is 6.07 Å². The Hall–Kier alpha value is -2.04. The fourth-order valence-electron chi connectivity index (χ4n) is 1.97. The minimum atomic E-state index is -4.00. The van der Waals surface area contributed by atoms with Gasteiger partial charge in [-0.1, -0.05) is 23.2 Å². The van der Waals surface area contributed by atoms with Crippen molar-refractivity contribution >= 4 is 55.9 Å². The number of carbonyl (C=O) groups is 1. The zero-order chi connectivity index (χ0) is 18.2. The van der Waals surface area contributed by atoms with E-state index in [1.165, 1.54) is 6.07 Å². The van der Waals surface area contributed by atoms with Crippen LogP contribution in [0.4, 0.5) is 5.69 Å². The number of rotatable bonds is 4. The summed E-state index contributed by atoms with van der Waals surface area (Å²) in [6.07, 6.45) is 0.836. The third kappa shape index (κ3) is 3.40. The Kier molecular flexibility index (Phi) is 4.92. The average Bonchev–Trinajstić information content (AvgIpc) is 2.48. The van der Waals surface area contributed by atoms with Crippen molar-refractivity contribution in [1.82, 2.24) is 9.97 Å². The number of benzene rings is 1. The van der Waals surface area contributed by atoms with E-state index in [1.807, 2.05) is 0 Å². The molecule has 2 N–H and O–H groups in total. The molecule has 0 aliphatic carbocycles. The second-order valence-electron chi connectivity index (χ2n) is 4.70. The third-order valence-corrected chi connectivity index (χ3v) is 4.93. The standard InChI is InChI=1S/C12H11Cl2N3O6S/c1-23-7(18)4-17(24(2,21)22)10-8(14)5(13)3-6-9(10)16-12(20)11(19)15-6/h3H,4H2,1-2H3,(H,15,19)(H,16,20). The van der Waals surface area contributed by atoms with Gasteiger partial charge in [-0.3, -0.25) is 18.7 Å². The van der Waals surface area contributed by atoms with Crippen LogP contribution in [0.1, 0.15) is 0 Å². The average molecular weight is 396 g/mol. The molecule has 2 aromatic rings. The van der Waals surface area contributed by atoms with E-state index in [9.17, 15) is 22.8 Å². The minimum Gasteiger partial charge on any atom is -0.468 e. The minimum absolute atomic E-state index is 0.0440. The van der Waals surface area contributed by atoms with Crippen molar-refractivity contribution < 1.29 is 17.9 Å². The summed E-state index contributed by atoms with van der Waals surface area (Å²) in [7, 11) is -2.92. The molecule has 0 bridgehead atoms. The molecular weight excluding hydrogens is 385 g/mol. The monoisotopic (exact) mass is 395 g/mol. The normalized spacial score (nSPS) is 11.5. The van der Waals surface area contributed by atoms with Crippen LogP contribution in [0.25, 0.3) is 11.0 Å². The van der Waals surface area contributed by atoms with E-state index >= 15 is 0 Å².